The van der Waals surface area contributed by atoms with Crippen molar-refractivity contribution in [2.75, 3.05) is 14.1 Å². The molecule has 0 spiro atoms. The average Bonchev–Trinajstić information content (AvgIpc) is 2.26. The highest BCUT2D eigenvalue weighted by Gasteiger charge is 2.02. The van der Waals surface area contributed by atoms with Crippen LogP contribution in [0.15, 0.2) is 30.8 Å². The Morgan fingerprint density at radius 1 is 1.44 bits per heavy atom. The standard InChI is InChI=1S/C13H18N2O/c1-10(2)12-7-5-6-11(8-12)9-14-13(16)15(3)4/h5-8H,1,9H2,2-4H3,(H,14,16). The second kappa shape index (κ2) is 5.35. The zero-order valence-corrected chi connectivity index (χ0v) is 10.1. The molecule has 3 heteroatoms. The Morgan fingerprint density at radius 2 is 2.12 bits per heavy atom. The van der Waals surface area contributed by atoms with E-state index in [0.717, 1.165) is 16.7 Å². The molecule has 1 N–H and O–H groups in total. The Hall–Kier alpha value is -1.77. The number of nitrogens with zero attached hydrogens (tertiary/aromatic N) is 1. The van der Waals surface area contributed by atoms with Gasteiger partial charge in [-0.25, -0.2) is 4.79 Å². The van der Waals surface area contributed by atoms with E-state index in [-0.39, 0.29) is 6.03 Å². The van der Waals surface area contributed by atoms with Crippen LogP contribution in [0, 0.1) is 0 Å². The van der Waals surface area contributed by atoms with Crippen molar-refractivity contribution in [1.29, 1.82) is 0 Å². The van der Waals surface area contributed by atoms with Crippen molar-refractivity contribution in [1.82, 2.24) is 10.2 Å². The minimum Gasteiger partial charge on any atom is -0.334 e. The third-order valence-corrected chi connectivity index (χ3v) is 2.27. The first kappa shape index (κ1) is 12.3. The van der Waals surface area contributed by atoms with E-state index in [9.17, 15) is 4.79 Å². The number of allylic oxidation sites excluding steroid dienone is 1. The molecule has 3 nitrogen and oxygen atoms in total. The predicted molar refractivity (Wildman–Crippen MR) is 67.1 cm³/mol. The first-order valence-electron chi connectivity index (χ1n) is 5.20. The molecule has 0 aliphatic rings. The molecule has 1 rings (SSSR count). The van der Waals surface area contributed by atoms with Gasteiger partial charge in [0.1, 0.15) is 0 Å². The molecule has 0 saturated carbocycles. The van der Waals surface area contributed by atoms with Crippen LogP contribution in [0.1, 0.15) is 18.1 Å². The van der Waals surface area contributed by atoms with Gasteiger partial charge in [-0.05, 0) is 24.1 Å². The highest BCUT2D eigenvalue weighted by Crippen LogP contribution is 2.13. The molecule has 2 amide bonds. The van der Waals surface area contributed by atoms with E-state index in [4.69, 9.17) is 0 Å². The fraction of sp³-hybridized carbons (Fsp3) is 0.308. The van der Waals surface area contributed by atoms with E-state index in [2.05, 4.69) is 11.9 Å². The zero-order chi connectivity index (χ0) is 12.1. The molecule has 0 aliphatic heterocycles. The molecular formula is C13H18N2O. The van der Waals surface area contributed by atoms with Gasteiger partial charge in [-0.2, -0.15) is 0 Å². The molecule has 0 bridgehead atoms. The summed E-state index contributed by atoms with van der Waals surface area (Å²) in [7, 11) is 3.44. The summed E-state index contributed by atoms with van der Waals surface area (Å²) in [4.78, 5) is 12.8. The molecule has 0 heterocycles. The molecular weight excluding hydrogens is 200 g/mol. The number of hydrogen-bond acceptors (Lipinski definition) is 1. The average molecular weight is 218 g/mol. The summed E-state index contributed by atoms with van der Waals surface area (Å²) in [6.07, 6.45) is 0. The SMILES string of the molecule is C=C(C)c1cccc(CNC(=O)N(C)C)c1. The van der Waals surface area contributed by atoms with E-state index in [1.165, 1.54) is 4.90 Å². The summed E-state index contributed by atoms with van der Waals surface area (Å²) < 4.78 is 0. The van der Waals surface area contributed by atoms with Gasteiger partial charge in [0.25, 0.3) is 0 Å². The Morgan fingerprint density at radius 3 is 2.69 bits per heavy atom. The van der Waals surface area contributed by atoms with E-state index < -0.39 is 0 Å². The minimum absolute atomic E-state index is 0.0827. The molecule has 16 heavy (non-hydrogen) atoms. The fourth-order valence-corrected chi connectivity index (χ4v) is 1.28. The normalized spacial score (nSPS) is 9.69. The summed E-state index contributed by atoms with van der Waals surface area (Å²) >= 11 is 0. The van der Waals surface area contributed by atoms with Gasteiger partial charge < -0.3 is 10.2 Å². The van der Waals surface area contributed by atoms with Crippen LogP contribution >= 0.6 is 0 Å². The molecule has 0 aromatic heterocycles. The van der Waals surface area contributed by atoms with Crippen molar-refractivity contribution in [3.8, 4) is 0 Å². The molecule has 0 aliphatic carbocycles. The highest BCUT2D eigenvalue weighted by atomic mass is 16.2. The van der Waals surface area contributed by atoms with Crippen LogP contribution < -0.4 is 5.32 Å². The zero-order valence-electron chi connectivity index (χ0n) is 10.1. The third kappa shape index (κ3) is 3.42. The number of urea groups is 1. The summed E-state index contributed by atoms with van der Waals surface area (Å²) in [5, 5.41) is 2.82. The number of carbonyl (C=O) groups is 1. The van der Waals surface area contributed by atoms with Crippen LogP contribution in [0.4, 0.5) is 4.79 Å². The van der Waals surface area contributed by atoms with Gasteiger partial charge in [-0.1, -0.05) is 30.4 Å². The number of amides is 2. The molecule has 86 valence electrons. The van der Waals surface area contributed by atoms with Crippen LogP contribution in [-0.2, 0) is 6.54 Å². The van der Waals surface area contributed by atoms with Gasteiger partial charge in [0.05, 0.1) is 0 Å². The first-order valence-corrected chi connectivity index (χ1v) is 5.20. The largest absolute Gasteiger partial charge is 0.334 e. The molecule has 1 aromatic carbocycles. The maximum atomic E-state index is 11.3. The second-order valence-electron chi connectivity index (χ2n) is 4.03. The lowest BCUT2D eigenvalue weighted by Crippen LogP contribution is -2.33. The van der Waals surface area contributed by atoms with Crippen LogP contribution in [0.3, 0.4) is 0 Å². The first-order chi connectivity index (χ1) is 7.50. The Balaban J connectivity index is 2.64. The smallest absolute Gasteiger partial charge is 0.317 e. The van der Waals surface area contributed by atoms with Crippen LogP contribution in [-0.4, -0.2) is 25.0 Å². The van der Waals surface area contributed by atoms with Crippen molar-refractivity contribution < 1.29 is 4.79 Å². The van der Waals surface area contributed by atoms with Crippen molar-refractivity contribution in [2.24, 2.45) is 0 Å². The van der Waals surface area contributed by atoms with Gasteiger partial charge >= 0.3 is 6.03 Å². The molecule has 0 atom stereocenters. The summed E-state index contributed by atoms with van der Waals surface area (Å²) in [6, 6.07) is 7.93. The van der Waals surface area contributed by atoms with Gasteiger partial charge in [0.15, 0.2) is 0 Å². The van der Waals surface area contributed by atoms with E-state index >= 15 is 0 Å². The lowest BCUT2D eigenvalue weighted by molar-refractivity contribution is 0.217. The number of benzene rings is 1. The van der Waals surface area contributed by atoms with Crippen LogP contribution in [0.25, 0.3) is 5.57 Å². The highest BCUT2D eigenvalue weighted by molar-refractivity contribution is 5.73. The predicted octanol–water partition coefficient (Wildman–Crippen LogP) is 2.49. The summed E-state index contributed by atoms with van der Waals surface area (Å²) in [5.74, 6) is 0. The number of carbonyl (C=O) groups excluding carboxylic acids is 1. The molecule has 0 fully saturated rings. The molecule has 0 radical (unpaired) electrons. The topological polar surface area (TPSA) is 32.3 Å². The van der Waals surface area contributed by atoms with Crippen LogP contribution in [0.5, 0.6) is 0 Å². The minimum atomic E-state index is -0.0827. The molecule has 1 aromatic rings. The van der Waals surface area contributed by atoms with Gasteiger partial charge in [0, 0.05) is 20.6 Å². The van der Waals surface area contributed by atoms with Gasteiger partial charge in [-0.15, -0.1) is 0 Å². The number of nitrogens with one attached hydrogen (secondary N) is 1. The summed E-state index contributed by atoms with van der Waals surface area (Å²) in [6.45, 7) is 6.40. The maximum absolute atomic E-state index is 11.3. The fourth-order valence-electron chi connectivity index (χ4n) is 1.28. The van der Waals surface area contributed by atoms with Crippen molar-refractivity contribution in [3.63, 3.8) is 0 Å². The molecule has 0 saturated heterocycles. The number of rotatable bonds is 3. The van der Waals surface area contributed by atoms with Crippen molar-refractivity contribution in [2.45, 2.75) is 13.5 Å². The lowest BCUT2D eigenvalue weighted by Gasteiger charge is -2.12. The van der Waals surface area contributed by atoms with Crippen LogP contribution in [0.2, 0.25) is 0 Å². The van der Waals surface area contributed by atoms with Gasteiger partial charge in [-0.3, -0.25) is 0 Å². The Bertz CT molecular complexity index is 397. The Labute approximate surface area is 96.8 Å². The quantitative estimate of drug-likeness (QED) is 0.830. The van der Waals surface area contributed by atoms with E-state index in [1.54, 1.807) is 14.1 Å². The second-order valence-corrected chi connectivity index (χ2v) is 4.03. The monoisotopic (exact) mass is 218 g/mol. The third-order valence-electron chi connectivity index (χ3n) is 2.27. The van der Waals surface area contributed by atoms with Gasteiger partial charge in [0.2, 0.25) is 0 Å². The maximum Gasteiger partial charge on any atom is 0.317 e. The Kier molecular flexibility index (Phi) is 4.11. The lowest BCUT2D eigenvalue weighted by atomic mass is 10.1. The van der Waals surface area contributed by atoms with Crippen molar-refractivity contribution >= 4 is 11.6 Å². The molecule has 0 unspecified atom stereocenters. The van der Waals surface area contributed by atoms with E-state index in [1.807, 2.05) is 31.2 Å². The van der Waals surface area contributed by atoms with E-state index in [0.29, 0.717) is 6.54 Å². The summed E-state index contributed by atoms with van der Waals surface area (Å²) in [5.41, 5.74) is 3.22. The van der Waals surface area contributed by atoms with Crippen molar-refractivity contribution in [3.05, 3.63) is 42.0 Å². The number of hydrogen-bond donors (Lipinski definition) is 1.